The van der Waals surface area contributed by atoms with Gasteiger partial charge in [-0.25, -0.2) is 0 Å². The highest BCUT2D eigenvalue weighted by atomic mass is 16.2. The minimum Gasteiger partial charge on any atom is -0.366 e. The van der Waals surface area contributed by atoms with Gasteiger partial charge in [0, 0.05) is 54.1 Å². The van der Waals surface area contributed by atoms with Crippen LogP contribution in [0.25, 0.3) is 10.8 Å². The predicted molar refractivity (Wildman–Crippen MR) is 115 cm³/mol. The molecule has 4 heteroatoms. The van der Waals surface area contributed by atoms with E-state index in [1.807, 2.05) is 24.5 Å². The molecule has 0 saturated carbocycles. The van der Waals surface area contributed by atoms with Crippen LogP contribution in [0.15, 0.2) is 89.9 Å². The highest BCUT2D eigenvalue weighted by Crippen LogP contribution is 2.36. The molecule has 6 rings (SSSR count). The molecule has 30 heavy (non-hydrogen) atoms. The first kappa shape index (κ1) is 17.1. The van der Waals surface area contributed by atoms with Gasteiger partial charge in [-0.3, -0.25) is 14.6 Å². The van der Waals surface area contributed by atoms with Crippen LogP contribution in [0, 0.1) is 0 Å². The van der Waals surface area contributed by atoms with Crippen LogP contribution in [-0.4, -0.2) is 21.5 Å². The van der Waals surface area contributed by atoms with Crippen LogP contribution >= 0.6 is 0 Å². The van der Waals surface area contributed by atoms with E-state index in [-0.39, 0.29) is 17.1 Å². The molecule has 0 bridgehead atoms. The number of pyridine rings is 1. The number of hydrogen-bond acceptors (Lipinski definition) is 4. The van der Waals surface area contributed by atoms with Crippen LogP contribution in [0.2, 0.25) is 0 Å². The molecule has 0 unspecified atom stereocenters. The van der Waals surface area contributed by atoms with Crippen LogP contribution in [0.5, 0.6) is 0 Å². The fourth-order valence-electron chi connectivity index (χ4n) is 4.69. The van der Waals surface area contributed by atoms with Crippen LogP contribution in [0.4, 0.5) is 0 Å². The van der Waals surface area contributed by atoms with Crippen molar-refractivity contribution in [1.29, 1.82) is 0 Å². The first-order chi connectivity index (χ1) is 14.7. The topological polar surface area (TPSA) is 50.3 Å². The number of rotatable bonds is 2. The summed E-state index contributed by atoms with van der Waals surface area (Å²) in [6, 6.07) is 13.5. The number of nitrogens with zero attached hydrogens (tertiary/aromatic N) is 2. The molecule has 1 aliphatic heterocycles. The molecule has 4 nitrogen and oxygen atoms in total. The lowest BCUT2D eigenvalue weighted by Gasteiger charge is -2.19. The summed E-state index contributed by atoms with van der Waals surface area (Å²) < 4.78 is 0. The molecule has 0 fully saturated rings. The van der Waals surface area contributed by atoms with E-state index in [2.05, 4.69) is 28.1 Å². The summed E-state index contributed by atoms with van der Waals surface area (Å²) in [6.45, 7) is 1.72. The van der Waals surface area contributed by atoms with Crippen molar-refractivity contribution in [3.63, 3.8) is 0 Å². The fourth-order valence-corrected chi connectivity index (χ4v) is 4.69. The van der Waals surface area contributed by atoms with Crippen LogP contribution in [-0.2, 0) is 13.1 Å². The molecule has 2 aromatic carbocycles. The number of allylic oxidation sites excluding steroid dienone is 5. The lowest BCUT2D eigenvalue weighted by atomic mass is 10.0. The molecule has 0 saturated heterocycles. The maximum atomic E-state index is 12.7. The Balaban J connectivity index is 1.22. The standard InChI is InChI=1S/C26H18N2O2/c29-25-20-3-1-2-4-21(20)26(30)22(25)12-16-5-8-19(11-16)28-14-18-7-6-17-9-10-27-13-23(17)24(18)15-28/h1-10,12-13H,11,14-15H2. The molecule has 0 radical (unpaired) electrons. The molecule has 1 aromatic heterocycles. The summed E-state index contributed by atoms with van der Waals surface area (Å²) in [6.07, 6.45) is 10.4. The normalized spacial score (nSPS) is 17.3. The minimum atomic E-state index is -0.169. The molecule has 0 amide bonds. The summed E-state index contributed by atoms with van der Waals surface area (Å²) in [7, 11) is 0. The van der Waals surface area contributed by atoms with E-state index in [0.29, 0.717) is 11.1 Å². The minimum absolute atomic E-state index is 0.169. The first-order valence-corrected chi connectivity index (χ1v) is 10.1. The van der Waals surface area contributed by atoms with E-state index in [1.54, 1.807) is 30.3 Å². The van der Waals surface area contributed by atoms with Gasteiger partial charge in [0.05, 0.1) is 5.57 Å². The van der Waals surface area contributed by atoms with Gasteiger partial charge in [-0.1, -0.05) is 42.5 Å². The van der Waals surface area contributed by atoms with Crippen molar-refractivity contribution in [1.82, 2.24) is 9.88 Å². The molecule has 0 atom stereocenters. The van der Waals surface area contributed by atoms with Gasteiger partial charge in [-0.05, 0) is 40.3 Å². The van der Waals surface area contributed by atoms with E-state index in [9.17, 15) is 9.59 Å². The second-order valence-electron chi connectivity index (χ2n) is 7.99. The Morgan fingerprint density at radius 3 is 2.50 bits per heavy atom. The zero-order chi connectivity index (χ0) is 20.2. The maximum absolute atomic E-state index is 12.7. The summed E-state index contributed by atoms with van der Waals surface area (Å²) in [5.74, 6) is -0.338. The van der Waals surface area contributed by atoms with Crippen LogP contribution in [0.3, 0.4) is 0 Å². The zero-order valence-electron chi connectivity index (χ0n) is 16.3. The molecule has 2 aliphatic carbocycles. The molecule has 2 heterocycles. The monoisotopic (exact) mass is 390 g/mol. The molecule has 144 valence electrons. The average Bonchev–Trinajstić information content (AvgIpc) is 3.48. The number of Topliss-reactive ketones (excluding diaryl/α,β-unsaturated/α-hetero) is 2. The van der Waals surface area contributed by atoms with Gasteiger partial charge in [-0.2, -0.15) is 0 Å². The van der Waals surface area contributed by atoms with Crippen molar-refractivity contribution in [3.8, 4) is 0 Å². The van der Waals surface area contributed by atoms with E-state index in [1.165, 1.54) is 27.6 Å². The third kappa shape index (κ3) is 2.50. The summed E-state index contributed by atoms with van der Waals surface area (Å²) in [5, 5.41) is 2.43. The smallest absolute Gasteiger partial charge is 0.197 e. The van der Waals surface area contributed by atoms with Crippen molar-refractivity contribution in [2.45, 2.75) is 19.5 Å². The Bertz CT molecular complexity index is 1320. The molecule has 0 spiro atoms. The van der Waals surface area contributed by atoms with Gasteiger partial charge in [0.25, 0.3) is 0 Å². The molecule has 0 N–H and O–H groups in total. The lowest BCUT2D eigenvalue weighted by Crippen LogP contribution is -2.14. The zero-order valence-corrected chi connectivity index (χ0v) is 16.3. The van der Waals surface area contributed by atoms with Gasteiger partial charge >= 0.3 is 0 Å². The van der Waals surface area contributed by atoms with E-state index in [4.69, 9.17) is 0 Å². The molecular formula is C26H18N2O2. The highest BCUT2D eigenvalue weighted by Gasteiger charge is 2.33. The lowest BCUT2D eigenvalue weighted by molar-refractivity contribution is 0.0988. The van der Waals surface area contributed by atoms with Gasteiger partial charge in [0.1, 0.15) is 0 Å². The summed E-state index contributed by atoms with van der Waals surface area (Å²) in [5.41, 5.74) is 6.18. The van der Waals surface area contributed by atoms with Crippen LogP contribution < -0.4 is 0 Å². The first-order valence-electron chi connectivity index (χ1n) is 10.1. The number of aromatic nitrogens is 1. The van der Waals surface area contributed by atoms with Crippen LogP contribution in [0.1, 0.15) is 38.3 Å². The average molecular weight is 390 g/mol. The Morgan fingerprint density at radius 1 is 0.900 bits per heavy atom. The van der Waals surface area contributed by atoms with Crippen molar-refractivity contribution < 1.29 is 9.59 Å². The van der Waals surface area contributed by atoms with E-state index < -0.39 is 0 Å². The second kappa shape index (κ2) is 6.36. The molecular weight excluding hydrogens is 372 g/mol. The third-order valence-electron chi connectivity index (χ3n) is 6.26. The molecule has 3 aromatic rings. The summed E-state index contributed by atoms with van der Waals surface area (Å²) >= 11 is 0. The highest BCUT2D eigenvalue weighted by molar-refractivity contribution is 6.39. The number of ketones is 2. The van der Waals surface area contributed by atoms with Gasteiger partial charge < -0.3 is 4.90 Å². The Morgan fingerprint density at radius 2 is 1.70 bits per heavy atom. The number of carbonyl (C=O) groups excluding carboxylic acids is 2. The van der Waals surface area contributed by atoms with E-state index in [0.717, 1.165) is 25.1 Å². The Kier molecular flexibility index (Phi) is 3.62. The SMILES string of the molecule is O=C1C(=CC2=CC=C(N3Cc4ccc5ccncc5c4C3)C2)C(=O)c2ccccc21. The Hall–Kier alpha value is -3.79. The number of fused-ring (bicyclic) bond motifs is 4. The van der Waals surface area contributed by atoms with Crippen molar-refractivity contribution in [3.05, 3.63) is 112 Å². The largest absolute Gasteiger partial charge is 0.366 e. The van der Waals surface area contributed by atoms with Gasteiger partial charge in [-0.15, -0.1) is 0 Å². The number of carbonyl (C=O) groups is 2. The third-order valence-corrected chi connectivity index (χ3v) is 6.26. The maximum Gasteiger partial charge on any atom is 0.197 e. The Labute approximate surface area is 173 Å². The van der Waals surface area contributed by atoms with Crippen molar-refractivity contribution >= 4 is 22.3 Å². The molecule has 3 aliphatic rings. The van der Waals surface area contributed by atoms with E-state index >= 15 is 0 Å². The van der Waals surface area contributed by atoms with Crippen molar-refractivity contribution in [2.24, 2.45) is 0 Å². The van der Waals surface area contributed by atoms with Crippen molar-refractivity contribution in [2.75, 3.05) is 0 Å². The fraction of sp³-hybridized carbons (Fsp3) is 0.115. The summed E-state index contributed by atoms with van der Waals surface area (Å²) in [4.78, 5) is 32.0. The predicted octanol–water partition coefficient (Wildman–Crippen LogP) is 4.77. The number of hydrogen-bond donors (Lipinski definition) is 0. The van der Waals surface area contributed by atoms with Gasteiger partial charge in [0.2, 0.25) is 0 Å². The number of benzene rings is 2. The second-order valence-corrected chi connectivity index (χ2v) is 7.99. The quantitative estimate of drug-likeness (QED) is 0.467. The van der Waals surface area contributed by atoms with Gasteiger partial charge in [0.15, 0.2) is 11.6 Å².